The van der Waals surface area contributed by atoms with E-state index in [0.29, 0.717) is 16.5 Å². The summed E-state index contributed by atoms with van der Waals surface area (Å²) >= 11 is 13.6. The summed E-state index contributed by atoms with van der Waals surface area (Å²) in [5, 5.41) is 3.51. The van der Waals surface area contributed by atoms with E-state index < -0.39 is 0 Å². The fraction of sp³-hybridized carbons (Fsp3) is 0.417. The lowest BCUT2D eigenvalue weighted by atomic mass is 10.1. The monoisotopic (exact) mass is 385 g/mol. The first-order chi connectivity index (χ1) is 8.04. The molecule has 0 saturated heterocycles. The molecule has 0 aliphatic rings. The van der Waals surface area contributed by atoms with Crippen molar-refractivity contribution in [3.05, 3.63) is 32.4 Å². The van der Waals surface area contributed by atoms with Crippen LogP contribution in [0.4, 0.5) is 0 Å². The second-order valence-corrected chi connectivity index (χ2v) is 5.81. The molecule has 1 amide bonds. The average Bonchev–Trinajstić information content (AvgIpc) is 2.29. The van der Waals surface area contributed by atoms with Gasteiger partial charge in [-0.25, -0.2) is 0 Å². The van der Waals surface area contributed by atoms with Crippen LogP contribution in [-0.2, 0) is 0 Å². The Labute approximate surface area is 125 Å². The maximum absolute atomic E-state index is 12.0. The molecule has 0 fully saturated rings. The Kier molecular flexibility index (Phi) is 6.59. The number of amides is 1. The van der Waals surface area contributed by atoms with E-state index in [2.05, 4.69) is 27.9 Å². The van der Waals surface area contributed by atoms with Gasteiger partial charge in [0.15, 0.2) is 0 Å². The average molecular weight is 386 g/mol. The molecule has 17 heavy (non-hydrogen) atoms. The first-order valence-electron chi connectivity index (χ1n) is 5.36. The molecule has 1 unspecified atom stereocenters. The van der Waals surface area contributed by atoms with Gasteiger partial charge in [0.05, 0.1) is 5.56 Å². The molecule has 0 aliphatic carbocycles. The van der Waals surface area contributed by atoms with Crippen LogP contribution in [-0.4, -0.2) is 17.8 Å². The third-order valence-electron chi connectivity index (χ3n) is 2.32. The molecule has 0 bridgehead atoms. The van der Waals surface area contributed by atoms with E-state index in [1.807, 2.05) is 13.0 Å². The van der Waals surface area contributed by atoms with E-state index in [9.17, 15) is 4.79 Å². The number of hydrogen-bond acceptors (Lipinski definition) is 1. The molecule has 0 radical (unpaired) electrons. The number of alkyl halides is 1. The zero-order valence-corrected chi connectivity index (χ0v) is 13.1. The number of carbonyl (C=O) groups is 1. The summed E-state index contributed by atoms with van der Waals surface area (Å²) in [5.41, 5.74) is 0.621. The number of rotatable bonds is 5. The number of hydrogen-bond donors (Lipinski definition) is 1. The molecule has 1 aromatic rings. The number of halogens is 3. The van der Waals surface area contributed by atoms with Crippen molar-refractivity contribution in [2.24, 2.45) is 0 Å². The summed E-state index contributed by atoms with van der Waals surface area (Å²) in [7, 11) is 0. The largest absolute Gasteiger partial charge is 0.350 e. The van der Waals surface area contributed by atoms with Gasteiger partial charge in [-0.1, -0.05) is 11.6 Å². The summed E-state index contributed by atoms with van der Waals surface area (Å²) in [6.07, 6.45) is 1.78. The fourth-order valence-electron chi connectivity index (χ4n) is 1.43. The van der Waals surface area contributed by atoms with Gasteiger partial charge in [0.25, 0.3) is 5.91 Å². The molecule has 0 aromatic heterocycles. The summed E-state index contributed by atoms with van der Waals surface area (Å²) in [5.74, 6) is 0.536. The highest BCUT2D eigenvalue weighted by molar-refractivity contribution is 14.1. The summed E-state index contributed by atoms with van der Waals surface area (Å²) < 4.78 is 0.897. The van der Waals surface area contributed by atoms with Crippen LogP contribution in [0.3, 0.4) is 0 Å². The van der Waals surface area contributed by atoms with Crippen molar-refractivity contribution in [1.82, 2.24) is 5.32 Å². The van der Waals surface area contributed by atoms with E-state index in [0.717, 1.165) is 16.4 Å². The predicted molar refractivity (Wildman–Crippen MR) is 81.1 cm³/mol. The van der Waals surface area contributed by atoms with E-state index in [4.69, 9.17) is 23.2 Å². The maximum atomic E-state index is 12.0. The van der Waals surface area contributed by atoms with Crippen LogP contribution in [0.25, 0.3) is 0 Å². The van der Waals surface area contributed by atoms with Gasteiger partial charge in [0.2, 0.25) is 0 Å². The first kappa shape index (κ1) is 15.1. The molecule has 0 aliphatic heterocycles. The second-order valence-electron chi connectivity index (χ2n) is 3.83. The fourth-order valence-corrected chi connectivity index (χ4v) is 2.34. The summed E-state index contributed by atoms with van der Waals surface area (Å²) in [6, 6.07) is 5.42. The van der Waals surface area contributed by atoms with Gasteiger partial charge in [-0.05, 0) is 60.6 Å². The Morgan fingerprint density at radius 1 is 1.53 bits per heavy atom. The van der Waals surface area contributed by atoms with Gasteiger partial charge in [0, 0.05) is 20.5 Å². The van der Waals surface area contributed by atoms with Crippen molar-refractivity contribution in [1.29, 1.82) is 0 Å². The lowest BCUT2D eigenvalue weighted by molar-refractivity contribution is 0.0937. The Hall–Kier alpha value is -0.000000000000000111. The van der Waals surface area contributed by atoms with Gasteiger partial charge in [-0.2, -0.15) is 0 Å². The van der Waals surface area contributed by atoms with Gasteiger partial charge < -0.3 is 5.32 Å². The van der Waals surface area contributed by atoms with Crippen LogP contribution in [0.5, 0.6) is 0 Å². The first-order valence-corrected chi connectivity index (χ1v) is 7.35. The minimum absolute atomic E-state index is 0.0843. The second kappa shape index (κ2) is 7.44. The molecule has 0 saturated carbocycles. The molecule has 1 rings (SSSR count). The van der Waals surface area contributed by atoms with Gasteiger partial charge >= 0.3 is 0 Å². The van der Waals surface area contributed by atoms with Crippen LogP contribution in [0.2, 0.25) is 5.02 Å². The summed E-state index contributed by atoms with van der Waals surface area (Å²) in [6.45, 7) is 1.97. The van der Waals surface area contributed by atoms with Crippen molar-refractivity contribution < 1.29 is 4.79 Å². The Balaban J connectivity index is 2.66. The minimum Gasteiger partial charge on any atom is -0.350 e. The molecule has 1 atom stereocenters. The normalized spacial score (nSPS) is 12.2. The Bertz CT molecular complexity index is 398. The third kappa shape index (κ3) is 5.02. The van der Waals surface area contributed by atoms with Crippen molar-refractivity contribution in [3.8, 4) is 0 Å². The Morgan fingerprint density at radius 3 is 2.88 bits per heavy atom. The number of carbonyl (C=O) groups excluding carboxylic acids is 1. The van der Waals surface area contributed by atoms with Crippen LogP contribution in [0.1, 0.15) is 30.1 Å². The molecule has 2 nitrogen and oxygen atoms in total. The molecule has 0 spiro atoms. The van der Waals surface area contributed by atoms with Crippen LogP contribution >= 0.6 is 45.8 Å². The van der Waals surface area contributed by atoms with Crippen molar-refractivity contribution in [2.75, 3.05) is 5.88 Å². The van der Waals surface area contributed by atoms with Crippen LogP contribution in [0, 0.1) is 3.57 Å². The molecular formula is C12H14Cl2INO. The number of benzene rings is 1. The highest BCUT2D eigenvalue weighted by Gasteiger charge is 2.12. The van der Waals surface area contributed by atoms with E-state index in [1.54, 1.807) is 12.1 Å². The smallest absolute Gasteiger partial charge is 0.252 e. The standard InChI is InChI=1S/C12H14Cl2INO/c1-8(3-2-6-13)16-12(17)10-7-9(14)4-5-11(10)15/h4-5,7-8H,2-3,6H2,1H3,(H,16,17). The van der Waals surface area contributed by atoms with Crippen LogP contribution in [0.15, 0.2) is 18.2 Å². The summed E-state index contributed by atoms with van der Waals surface area (Å²) in [4.78, 5) is 12.0. The quantitative estimate of drug-likeness (QED) is 0.600. The number of nitrogens with one attached hydrogen (secondary N) is 1. The third-order valence-corrected chi connectivity index (χ3v) is 3.76. The lowest BCUT2D eigenvalue weighted by Crippen LogP contribution is -2.33. The highest BCUT2D eigenvalue weighted by Crippen LogP contribution is 2.18. The lowest BCUT2D eigenvalue weighted by Gasteiger charge is -2.14. The SMILES string of the molecule is CC(CCCCl)NC(=O)c1cc(Cl)ccc1I. The predicted octanol–water partition coefficient (Wildman–Crippen LogP) is 4.08. The molecule has 1 aromatic carbocycles. The van der Waals surface area contributed by atoms with Gasteiger partial charge in [-0.15, -0.1) is 11.6 Å². The highest BCUT2D eigenvalue weighted by atomic mass is 127. The van der Waals surface area contributed by atoms with Crippen LogP contribution < -0.4 is 5.32 Å². The van der Waals surface area contributed by atoms with Crippen molar-refractivity contribution in [2.45, 2.75) is 25.8 Å². The van der Waals surface area contributed by atoms with E-state index in [-0.39, 0.29) is 11.9 Å². The Morgan fingerprint density at radius 2 is 2.24 bits per heavy atom. The molecule has 5 heteroatoms. The van der Waals surface area contributed by atoms with Crippen molar-refractivity contribution >= 4 is 51.7 Å². The molecule has 0 heterocycles. The zero-order valence-electron chi connectivity index (χ0n) is 9.47. The molecular weight excluding hydrogens is 372 g/mol. The maximum Gasteiger partial charge on any atom is 0.252 e. The van der Waals surface area contributed by atoms with E-state index in [1.165, 1.54) is 0 Å². The van der Waals surface area contributed by atoms with Gasteiger partial charge in [0.1, 0.15) is 0 Å². The van der Waals surface area contributed by atoms with E-state index >= 15 is 0 Å². The van der Waals surface area contributed by atoms with Crippen molar-refractivity contribution in [3.63, 3.8) is 0 Å². The minimum atomic E-state index is -0.0843. The zero-order chi connectivity index (χ0) is 12.8. The topological polar surface area (TPSA) is 29.1 Å². The molecule has 1 N–H and O–H groups in total. The van der Waals surface area contributed by atoms with Gasteiger partial charge in [-0.3, -0.25) is 4.79 Å². The molecule has 94 valence electrons.